The van der Waals surface area contributed by atoms with Gasteiger partial charge in [0.05, 0.1) is 22.4 Å². The number of nitrogens with one attached hydrogen (secondary N) is 1. The van der Waals surface area contributed by atoms with E-state index in [1.54, 1.807) is 9.58 Å². The smallest absolute Gasteiger partial charge is 0.245 e. The topological polar surface area (TPSA) is 67.2 Å². The lowest BCUT2D eigenvalue weighted by atomic mass is 10.1. The molecule has 1 fully saturated rings. The lowest BCUT2D eigenvalue weighted by molar-refractivity contribution is -0.145. The SMILES string of the molecule is CCc1nn(C)c(CN2CC(=O)NC(CC)C2=O)c1Br. The highest BCUT2D eigenvalue weighted by Gasteiger charge is 2.32. The van der Waals surface area contributed by atoms with E-state index in [-0.39, 0.29) is 18.4 Å². The highest BCUT2D eigenvalue weighted by molar-refractivity contribution is 9.10. The molecule has 20 heavy (non-hydrogen) atoms. The minimum absolute atomic E-state index is 0.0294. The third-order valence-corrected chi connectivity index (χ3v) is 4.45. The van der Waals surface area contributed by atoms with Crippen LogP contribution in [-0.4, -0.2) is 39.1 Å². The molecule has 0 aromatic carbocycles. The van der Waals surface area contributed by atoms with E-state index in [1.165, 1.54) is 0 Å². The number of halogens is 1. The molecule has 0 radical (unpaired) electrons. The van der Waals surface area contributed by atoms with Gasteiger partial charge in [0, 0.05) is 7.05 Å². The Labute approximate surface area is 126 Å². The van der Waals surface area contributed by atoms with Crippen LogP contribution in [0, 0.1) is 0 Å². The summed E-state index contributed by atoms with van der Waals surface area (Å²) in [6, 6.07) is -0.408. The van der Waals surface area contributed by atoms with Crippen molar-refractivity contribution in [2.75, 3.05) is 6.54 Å². The van der Waals surface area contributed by atoms with E-state index >= 15 is 0 Å². The summed E-state index contributed by atoms with van der Waals surface area (Å²) in [6.45, 7) is 4.42. The maximum atomic E-state index is 12.3. The van der Waals surface area contributed by atoms with Crippen molar-refractivity contribution >= 4 is 27.7 Å². The van der Waals surface area contributed by atoms with Crippen molar-refractivity contribution in [3.63, 3.8) is 0 Å². The van der Waals surface area contributed by atoms with Gasteiger partial charge in [-0.1, -0.05) is 13.8 Å². The molecule has 7 heteroatoms. The van der Waals surface area contributed by atoms with Crippen molar-refractivity contribution in [3.8, 4) is 0 Å². The van der Waals surface area contributed by atoms with E-state index in [9.17, 15) is 9.59 Å². The molecule has 1 atom stereocenters. The number of hydrogen-bond acceptors (Lipinski definition) is 3. The Hall–Kier alpha value is -1.37. The van der Waals surface area contributed by atoms with E-state index in [1.807, 2.05) is 20.9 Å². The summed E-state index contributed by atoms with van der Waals surface area (Å²) in [6.07, 6.45) is 1.42. The molecule has 2 amide bonds. The Morgan fingerprint density at radius 2 is 2.10 bits per heavy atom. The minimum atomic E-state index is -0.408. The molecule has 2 rings (SSSR count). The fourth-order valence-corrected chi connectivity index (χ4v) is 3.10. The maximum Gasteiger partial charge on any atom is 0.245 e. The number of nitrogens with zero attached hydrogens (tertiary/aromatic N) is 3. The molecule has 2 heterocycles. The molecule has 0 spiro atoms. The van der Waals surface area contributed by atoms with Crippen LogP contribution in [0.3, 0.4) is 0 Å². The summed E-state index contributed by atoms with van der Waals surface area (Å²) in [5, 5.41) is 7.12. The number of hydrogen-bond donors (Lipinski definition) is 1. The summed E-state index contributed by atoms with van der Waals surface area (Å²) in [7, 11) is 1.85. The molecule has 0 bridgehead atoms. The van der Waals surface area contributed by atoms with Gasteiger partial charge < -0.3 is 10.2 Å². The van der Waals surface area contributed by atoms with Crippen molar-refractivity contribution < 1.29 is 9.59 Å². The van der Waals surface area contributed by atoms with Gasteiger partial charge in [0.25, 0.3) is 0 Å². The van der Waals surface area contributed by atoms with Gasteiger partial charge in [-0.25, -0.2) is 0 Å². The van der Waals surface area contributed by atoms with Crippen LogP contribution in [-0.2, 0) is 29.6 Å². The van der Waals surface area contributed by atoms with Gasteiger partial charge in [-0.3, -0.25) is 14.3 Å². The maximum absolute atomic E-state index is 12.3. The number of carbonyl (C=O) groups excluding carboxylic acids is 2. The second-order valence-corrected chi connectivity index (χ2v) is 5.70. The lowest BCUT2D eigenvalue weighted by Crippen LogP contribution is -2.57. The summed E-state index contributed by atoms with van der Waals surface area (Å²) in [5.74, 6) is -0.135. The van der Waals surface area contributed by atoms with E-state index in [2.05, 4.69) is 26.3 Å². The second-order valence-electron chi connectivity index (χ2n) is 4.91. The fourth-order valence-electron chi connectivity index (χ4n) is 2.36. The van der Waals surface area contributed by atoms with Crippen molar-refractivity contribution in [2.24, 2.45) is 7.05 Å². The monoisotopic (exact) mass is 342 g/mol. The standard InChI is InChI=1S/C13H19BrN4O2/c1-4-8-12(14)10(17(3)16-8)6-18-7-11(19)15-9(5-2)13(18)20/h9H,4-7H2,1-3H3,(H,15,19). The number of amides is 2. The van der Waals surface area contributed by atoms with Gasteiger partial charge in [0.2, 0.25) is 11.8 Å². The van der Waals surface area contributed by atoms with Crippen LogP contribution in [0.5, 0.6) is 0 Å². The molecule has 1 unspecified atom stereocenters. The van der Waals surface area contributed by atoms with Crippen LogP contribution in [0.2, 0.25) is 0 Å². The average molecular weight is 343 g/mol. The number of piperazine rings is 1. The second kappa shape index (κ2) is 5.95. The van der Waals surface area contributed by atoms with Crippen molar-refractivity contribution in [3.05, 3.63) is 15.9 Å². The summed E-state index contributed by atoms with van der Waals surface area (Å²) in [4.78, 5) is 25.5. The first-order valence-electron chi connectivity index (χ1n) is 6.76. The molecule has 0 saturated carbocycles. The Bertz CT molecular complexity index is 541. The van der Waals surface area contributed by atoms with Crippen LogP contribution < -0.4 is 5.32 Å². The lowest BCUT2D eigenvalue weighted by Gasteiger charge is -2.32. The molecular weight excluding hydrogens is 324 g/mol. The predicted octanol–water partition coefficient (Wildman–Crippen LogP) is 0.982. The van der Waals surface area contributed by atoms with Gasteiger partial charge >= 0.3 is 0 Å². The third-order valence-electron chi connectivity index (χ3n) is 3.53. The Balaban J connectivity index is 2.22. The molecule has 1 aliphatic rings. The van der Waals surface area contributed by atoms with E-state index in [0.29, 0.717) is 13.0 Å². The van der Waals surface area contributed by atoms with Gasteiger partial charge in [0.15, 0.2) is 0 Å². The molecule has 1 aliphatic heterocycles. The Morgan fingerprint density at radius 1 is 1.40 bits per heavy atom. The molecule has 6 nitrogen and oxygen atoms in total. The molecule has 1 aromatic heterocycles. The first kappa shape index (κ1) is 15.0. The Kier molecular flexibility index (Phi) is 4.47. The summed E-state index contributed by atoms with van der Waals surface area (Å²) in [5.41, 5.74) is 1.88. The van der Waals surface area contributed by atoms with Crippen LogP contribution in [0.4, 0.5) is 0 Å². The quantitative estimate of drug-likeness (QED) is 0.886. The largest absolute Gasteiger partial charge is 0.343 e. The number of rotatable bonds is 4. The van der Waals surface area contributed by atoms with Crippen LogP contribution in [0.25, 0.3) is 0 Å². The average Bonchev–Trinajstić information content (AvgIpc) is 2.69. The van der Waals surface area contributed by atoms with Gasteiger partial charge in [-0.15, -0.1) is 0 Å². The zero-order valence-corrected chi connectivity index (χ0v) is 13.5. The predicted molar refractivity (Wildman–Crippen MR) is 77.9 cm³/mol. The van der Waals surface area contributed by atoms with E-state index in [0.717, 1.165) is 22.3 Å². The van der Waals surface area contributed by atoms with E-state index < -0.39 is 6.04 Å². The normalized spacial score (nSPS) is 19.4. The number of aromatic nitrogens is 2. The van der Waals surface area contributed by atoms with Crippen LogP contribution in [0.1, 0.15) is 31.7 Å². The summed E-state index contributed by atoms with van der Waals surface area (Å²) >= 11 is 3.53. The minimum Gasteiger partial charge on any atom is -0.343 e. The van der Waals surface area contributed by atoms with Gasteiger partial charge in [-0.2, -0.15) is 5.10 Å². The summed E-state index contributed by atoms with van der Waals surface area (Å²) < 4.78 is 2.69. The molecule has 1 N–H and O–H groups in total. The molecular formula is C13H19BrN4O2. The Morgan fingerprint density at radius 3 is 2.65 bits per heavy atom. The van der Waals surface area contributed by atoms with Crippen molar-refractivity contribution in [1.29, 1.82) is 0 Å². The first-order valence-corrected chi connectivity index (χ1v) is 7.55. The zero-order valence-electron chi connectivity index (χ0n) is 11.9. The fraction of sp³-hybridized carbons (Fsp3) is 0.615. The highest BCUT2D eigenvalue weighted by atomic mass is 79.9. The molecule has 1 saturated heterocycles. The van der Waals surface area contributed by atoms with Crippen LogP contribution in [0.15, 0.2) is 4.47 Å². The van der Waals surface area contributed by atoms with Crippen molar-refractivity contribution in [2.45, 2.75) is 39.3 Å². The number of carbonyl (C=O) groups is 2. The number of aryl methyl sites for hydroxylation is 2. The highest BCUT2D eigenvalue weighted by Crippen LogP contribution is 2.23. The molecule has 110 valence electrons. The first-order chi connectivity index (χ1) is 9.47. The van der Waals surface area contributed by atoms with Crippen LogP contribution >= 0.6 is 15.9 Å². The zero-order chi connectivity index (χ0) is 14.9. The van der Waals surface area contributed by atoms with E-state index in [4.69, 9.17) is 0 Å². The molecule has 1 aromatic rings. The van der Waals surface area contributed by atoms with Crippen molar-refractivity contribution in [1.82, 2.24) is 20.0 Å². The van der Waals surface area contributed by atoms with Gasteiger partial charge in [0.1, 0.15) is 12.6 Å². The van der Waals surface area contributed by atoms with Gasteiger partial charge in [-0.05, 0) is 28.8 Å². The third kappa shape index (κ3) is 2.72. The molecule has 0 aliphatic carbocycles.